The molecule has 25 heavy (non-hydrogen) atoms. The number of amides is 1. The lowest BCUT2D eigenvalue weighted by molar-refractivity contribution is -0.113. The van der Waals surface area contributed by atoms with Crippen LogP contribution in [-0.4, -0.2) is 31.9 Å². The Morgan fingerprint density at radius 1 is 1.20 bits per heavy atom. The van der Waals surface area contributed by atoms with Crippen molar-refractivity contribution in [2.75, 3.05) is 11.1 Å². The molecular weight excluding hydrogens is 372 g/mol. The van der Waals surface area contributed by atoms with Crippen molar-refractivity contribution in [2.45, 2.75) is 5.16 Å². The van der Waals surface area contributed by atoms with Gasteiger partial charge in [-0.3, -0.25) is 4.79 Å². The van der Waals surface area contributed by atoms with Gasteiger partial charge in [0.2, 0.25) is 11.1 Å². The smallest absolute Gasteiger partial charge is 0.234 e. The fourth-order valence-electron chi connectivity index (χ4n) is 1.92. The summed E-state index contributed by atoms with van der Waals surface area (Å²) in [7, 11) is 0. The first-order chi connectivity index (χ1) is 12.0. The van der Waals surface area contributed by atoms with Crippen LogP contribution in [0.2, 0.25) is 5.02 Å². The third kappa shape index (κ3) is 4.31. The van der Waals surface area contributed by atoms with E-state index in [4.69, 9.17) is 11.6 Å². The average Bonchev–Trinajstić information content (AvgIpc) is 3.05. The van der Waals surface area contributed by atoms with Crippen LogP contribution in [0.3, 0.4) is 0 Å². The normalized spacial score (nSPS) is 10.7. The fraction of sp³-hybridized carbons (Fsp3) is 0.0667. The number of carbonyl (C=O) groups excluding carboxylic acids is 1. The molecule has 0 bridgehead atoms. The second-order valence-electron chi connectivity index (χ2n) is 4.81. The summed E-state index contributed by atoms with van der Waals surface area (Å²) in [4.78, 5) is 11.9. The summed E-state index contributed by atoms with van der Waals surface area (Å²) in [5, 5.41) is 14.5. The molecule has 1 heterocycles. The number of rotatable bonds is 5. The van der Waals surface area contributed by atoms with E-state index in [2.05, 4.69) is 20.8 Å². The number of thioether (sulfide) groups is 1. The quantitative estimate of drug-likeness (QED) is 0.686. The number of carbonyl (C=O) groups is 1. The number of nitrogens with zero attached hydrogens (tertiary/aromatic N) is 4. The van der Waals surface area contributed by atoms with Gasteiger partial charge in [-0.15, -0.1) is 5.10 Å². The van der Waals surface area contributed by atoms with Crippen LogP contribution in [0.25, 0.3) is 5.69 Å². The topological polar surface area (TPSA) is 72.7 Å². The van der Waals surface area contributed by atoms with Gasteiger partial charge in [0.25, 0.3) is 0 Å². The molecule has 3 rings (SSSR count). The maximum Gasteiger partial charge on any atom is 0.234 e. The van der Waals surface area contributed by atoms with E-state index in [1.165, 1.54) is 4.68 Å². The zero-order chi connectivity index (χ0) is 17.8. The van der Waals surface area contributed by atoms with E-state index in [0.29, 0.717) is 15.9 Å². The highest BCUT2D eigenvalue weighted by molar-refractivity contribution is 7.99. The van der Waals surface area contributed by atoms with Gasteiger partial charge >= 0.3 is 0 Å². The number of hydrogen-bond acceptors (Lipinski definition) is 5. The standard InChI is InChI=1S/C15H10ClF2N5OS/c16-9-1-4-11(5-2-9)23-15(20-21-22-23)25-8-14(24)19-13-7-10(17)3-6-12(13)18/h1-7H,8H2,(H,19,24). The van der Waals surface area contributed by atoms with E-state index >= 15 is 0 Å². The Morgan fingerprint density at radius 3 is 2.72 bits per heavy atom. The minimum Gasteiger partial charge on any atom is -0.323 e. The molecule has 6 nitrogen and oxygen atoms in total. The van der Waals surface area contributed by atoms with Crippen LogP contribution in [0, 0.1) is 11.6 Å². The molecule has 0 aliphatic carbocycles. The summed E-state index contributed by atoms with van der Waals surface area (Å²) < 4.78 is 28.1. The first-order valence-electron chi connectivity index (χ1n) is 6.95. The summed E-state index contributed by atoms with van der Waals surface area (Å²) in [6.45, 7) is 0. The van der Waals surface area contributed by atoms with Crippen molar-refractivity contribution < 1.29 is 13.6 Å². The number of halogens is 3. The van der Waals surface area contributed by atoms with Crippen LogP contribution in [-0.2, 0) is 4.79 Å². The van der Waals surface area contributed by atoms with Crippen molar-refractivity contribution in [3.8, 4) is 5.69 Å². The predicted molar refractivity (Wildman–Crippen MR) is 89.9 cm³/mol. The molecule has 0 unspecified atom stereocenters. The van der Waals surface area contributed by atoms with Crippen LogP contribution >= 0.6 is 23.4 Å². The number of anilines is 1. The van der Waals surface area contributed by atoms with Crippen LogP contribution < -0.4 is 5.32 Å². The molecule has 3 aromatic rings. The van der Waals surface area contributed by atoms with Crippen molar-refractivity contribution >= 4 is 35.0 Å². The van der Waals surface area contributed by atoms with Crippen molar-refractivity contribution in [1.29, 1.82) is 0 Å². The molecule has 1 N–H and O–H groups in total. The van der Waals surface area contributed by atoms with Crippen LogP contribution in [0.1, 0.15) is 0 Å². The number of benzene rings is 2. The van der Waals surface area contributed by atoms with Crippen molar-refractivity contribution in [2.24, 2.45) is 0 Å². The van der Waals surface area contributed by atoms with Crippen LogP contribution in [0.5, 0.6) is 0 Å². The lowest BCUT2D eigenvalue weighted by atomic mass is 10.3. The van der Waals surface area contributed by atoms with Crippen molar-refractivity contribution in [3.05, 3.63) is 59.1 Å². The molecule has 1 aromatic heterocycles. The van der Waals surface area contributed by atoms with E-state index in [0.717, 1.165) is 30.0 Å². The molecule has 128 valence electrons. The van der Waals surface area contributed by atoms with Crippen molar-refractivity contribution in [3.63, 3.8) is 0 Å². The number of aromatic nitrogens is 4. The minimum atomic E-state index is -0.717. The Morgan fingerprint density at radius 2 is 1.96 bits per heavy atom. The fourth-order valence-corrected chi connectivity index (χ4v) is 2.74. The number of hydrogen-bond donors (Lipinski definition) is 1. The summed E-state index contributed by atoms with van der Waals surface area (Å²) in [6, 6.07) is 9.66. The second-order valence-corrected chi connectivity index (χ2v) is 6.19. The van der Waals surface area contributed by atoms with Gasteiger partial charge in [-0.05, 0) is 46.8 Å². The minimum absolute atomic E-state index is 0.0794. The van der Waals surface area contributed by atoms with Gasteiger partial charge in [0.1, 0.15) is 11.6 Å². The first-order valence-corrected chi connectivity index (χ1v) is 8.31. The van der Waals surface area contributed by atoms with E-state index in [1.807, 2.05) is 0 Å². The van der Waals surface area contributed by atoms with Gasteiger partial charge in [0.05, 0.1) is 17.1 Å². The largest absolute Gasteiger partial charge is 0.323 e. The summed E-state index contributed by atoms with van der Waals surface area (Å²) >= 11 is 6.90. The Hall–Kier alpha value is -2.52. The van der Waals surface area contributed by atoms with E-state index in [9.17, 15) is 13.6 Å². The van der Waals surface area contributed by atoms with Gasteiger partial charge in [-0.1, -0.05) is 23.4 Å². The monoisotopic (exact) mass is 381 g/mol. The molecule has 0 aliphatic heterocycles. The van der Waals surface area contributed by atoms with Crippen LogP contribution in [0.15, 0.2) is 47.6 Å². The molecule has 0 radical (unpaired) electrons. The molecule has 1 amide bonds. The summed E-state index contributed by atoms with van der Waals surface area (Å²) in [5.74, 6) is -1.95. The lowest BCUT2D eigenvalue weighted by Crippen LogP contribution is -2.15. The van der Waals surface area contributed by atoms with E-state index < -0.39 is 17.5 Å². The Kier molecular flexibility index (Phi) is 5.25. The van der Waals surface area contributed by atoms with Gasteiger partial charge in [0.15, 0.2) is 0 Å². The molecule has 0 saturated carbocycles. The molecule has 0 spiro atoms. The Balaban J connectivity index is 1.66. The number of nitrogens with one attached hydrogen (secondary N) is 1. The average molecular weight is 382 g/mol. The van der Waals surface area contributed by atoms with E-state index in [1.54, 1.807) is 24.3 Å². The molecule has 0 saturated heterocycles. The predicted octanol–water partition coefficient (Wildman–Crippen LogP) is 3.32. The zero-order valence-corrected chi connectivity index (χ0v) is 14.1. The van der Waals surface area contributed by atoms with Crippen molar-refractivity contribution in [1.82, 2.24) is 20.2 Å². The third-order valence-electron chi connectivity index (χ3n) is 3.05. The Bertz CT molecular complexity index is 903. The maximum absolute atomic E-state index is 13.5. The molecule has 2 aromatic carbocycles. The highest BCUT2D eigenvalue weighted by Crippen LogP contribution is 2.21. The van der Waals surface area contributed by atoms with E-state index in [-0.39, 0.29) is 11.4 Å². The Labute approximate surface area is 150 Å². The summed E-state index contributed by atoms with van der Waals surface area (Å²) in [6.07, 6.45) is 0. The zero-order valence-electron chi connectivity index (χ0n) is 12.5. The molecule has 10 heteroatoms. The lowest BCUT2D eigenvalue weighted by Gasteiger charge is -2.07. The van der Waals surface area contributed by atoms with Crippen LogP contribution in [0.4, 0.5) is 14.5 Å². The van der Waals surface area contributed by atoms with Gasteiger partial charge in [-0.2, -0.15) is 4.68 Å². The SMILES string of the molecule is O=C(CSc1nnnn1-c1ccc(Cl)cc1)Nc1cc(F)ccc1F. The highest BCUT2D eigenvalue weighted by atomic mass is 35.5. The van der Waals surface area contributed by atoms with Gasteiger partial charge in [-0.25, -0.2) is 8.78 Å². The number of tetrazole rings is 1. The molecular formula is C15H10ClF2N5OS. The highest BCUT2D eigenvalue weighted by Gasteiger charge is 2.13. The summed E-state index contributed by atoms with van der Waals surface area (Å²) in [5.41, 5.74) is 0.455. The van der Waals surface area contributed by atoms with Gasteiger partial charge in [0, 0.05) is 11.1 Å². The molecule has 0 fully saturated rings. The second kappa shape index (κ2) is 7.58. The van der Waals surface area contributed by atoms with Gasteiger partial charge < -0.3 is 5.32 Å². The molecule has 0 atom stereocenters. The first kappa shape index (κ1) is 17.3. The molecule has 0 aliphatic rings. The maximum atomic E-state index is 13.5. The third-order valence-corrected chi connectivity index (χ3v) is 4.22.